The molecule has 0 bridgehead atoms. The van der Waals surface area contributed by atoms with Crippen LogP contribution in [0.3, 0.4) is 0 Å². The van der Waals surface area contributed by atoms with Gasteiger partial charge in [-0.2, -0.15) is 0 Å². The second-order valence-corrected chi connectivity index (χ2v) is 5.49. The Morgan fingerprint density at radius 1 is 1.38 bits per heavy atom. The van der Waals surface area contributed by atoms with E-state index in [0.717, 1.165) is 31.5 Å². The van der Waals surface area contributed by atoms with Gasteiger partial charge in [0, 0.05) is 25.2 Å². The molecule has 2 rings (SSSR count). The van der Waals surface area contributed by atoms with Gasteiger partial charge in [-0.15, -0.1) is 0 Å². The Kier molecular flexibility index (Phi) is 5.20. The molecule has 0 aromatic heterocycles. The van der Waals surface area contributed by atoms with Crippen molar-refractivity contribution in [3.05, 3.63) is 29.8 Å². The molecular formula is C16H22N2O3. The van der Waals surface area contributed by atoms with E-state index < -0.39 is 5.97 Å². The largest absolute Gasteiger partial charge is 0.481 e. The molecule has 114 valence electrons. The first-order chi connectivity index (χ1) is 10.1. The van der Waals surface area contributed by atoms with Crippen molar-refractivity contribution < 1.29 is 14.7 Å². The standard InChI is InChI=1S/C16H22N2O3/c1-2-12-9-10-18(11-12)16(21)17-14-6-4-3-5-13(14)7-8-15(19)20/h3-6,12H,2,7-11H2,1H3,(H,17,21)(H,19,20). The van der Waals surface area contributed by atoms with Crippen molar-refractivity contribution in [3.8, 4) is 0 Å². The number of amides is 2. The maximum atomic E-state index is 12.3. The average molecular weight is 290 g/mol. The highest BCUT2D eigenvalue weighted by molar-refractivity contribution is 5.90. The van der Waals surface area contributed by atoms with Crippen LogP contribution in [0.4, 0.5) is 10.5 Å². The predicted octanol–water partition coefficient (Wildman–Crippen LogP) is 2.97. The fraction of sp³-hybridized carbons (Fsp3) is 0.500. The first kappa shape index (κ1) is 15.4. The summed E-state index contributed by atoms with van der Waals surface area (Å²) in [4.78, 5) is 24.8. The second kappa shape index (κ2) is 7.11. The summed E-state index contributed by atoms with van der Waals surface area (Å²) in [6.45, 7) is 3.74. The molecule has 1 unspecified atom stereocenters. The fourth-order valence-electron chi connectivity index (χ4n) is 2.65. The first-order valence-electron chi connectivity index (χ1n) is 7.45. The number of rotatable bonds is 5. The molecule has 2 N–H and O–H groups in total. The van der Waals surface area contributed by atoms with Crippen LogP contribution < -0.4 is 5.32 Å². The highest BCUT2D eigenvalue weighted by Crippen LogP contribution is 2.22. The van der Waals surface area contributed by atoms with Crippen LogP contribution in [0.15, 0.2) is 24.3 Å². The number of carbonyl (C=O) groups is 2. The summed E-state index contributed by atoms with van der Waals surface area (Å²) < 4.78 is 0. The number of nitrogens with zero attached hydrogens (tertiary/aromatic N) is 1. The molecule has 1 aromatic carbocycles. The van der Waals surface area contributed by atoms with Gasteiger partial charge >= 0.3 is 12.0 Å². The van der Waals surface area contributed by atoms with Gasteiger partial charge < -0.3 is 15.3 Å². The molecule has 0 radical (unpaired) electrons. The van der Waals surface area contributed by atoms with E-state index in [1.54, 1.807) is 0 Å². The molecule has 1 aliphatic rings. The molecule has 1 aromatic rings. The summed E-state index contributed by atoms with van der Waals surface area (Å²) in [5.41, 5.74) is 1.57. The number of nitrogens with one attached hydrogen (secondary N) is 1. The van der Waals surface area contributed by atoms with Crippen LogP contribution in [0.1, 0.15) is 31.7 Å². The number of hydrogen-bond donors (Lipinski definition) is 2. The Morgan fingerprint density at radius 3 is 2.81 bits per heavy atom. The van der Waals surface area contributed by atoms with E-state index >= 15 is 0 Å². The summed E-state index contributed by atoms with van der Waals surface area (Å²) in [5.74, 6) is -0.237. The lowest BCUT2D eigenvalue weighted by Crippen LogP contribution is -2.33. The number of carboxylic acid groups (broad SMARTS) is 1. The van der Waals surface area contributed by atoms with E-state index in [9.17, 15) is 9.59 Å². The minimum absolute atomic E-state index is 0.0640. The van der Waals surface area contributed by atoms with Crippen molar-refractivity contribution in [3.63, 3.8) is 0 Å². The highest BCUT2D eigenvalue weighted by atomic mass is 16.4. The third-order valence-corrected chi connectivity index (χ3v) is 4.02. The van der Waals surface area contributed by atoms with E-state index in [1.165, 1.54) is 0 Å². The minimum Gasteiger partial charge on any atom is -0.481 e. The van der Waals surface area contributed by atoms with E-state index in [2.05, 4.69) is 12.2 Å². The van der Waals surface area contributed by atoms with Crippen molar-refractivity contribution in [2.24, 2.45) is 5.92 Å². The Labute approximate surface area is 125 Å². The van der Waals surface area contributed by atoms with Crippen LogP contribution in [0.2, 0.25) is 0 Å². The van der Waals surface area contributed by atoms with Crippen LogP contribution in [-0.2, 0) is 11.2 Å². The summed E-state index contributed by atoms with van der Waals surface area (Å²) in [6, 6.07) is 7.29. The van der Waals surface area contributed by atoms with Crippen LogP contribution in [0.5, 0.6) is 0 Å². The molecule has 21 heavy (non-hydrogen) atoms. The number of urea groups is 1. The van der Waals surface area contributed by atoms with Crippen molar-refractivity contribution in [1.82, 2.24) is 4.90 Å². The van der Waals surface area contributed by atoms with Gasteiger partial charge in [0.1, 0.15) is 0 Å². The highest BCUT2D eigenvalue weighted by Gasteiger charge is 2.25. The maximum Gasteiger partial charge on any atom is 0.321 e. The topological polar surface area (TPSA) is 69.6 Å². The SMILES string of the molecule is CCC1CCN(C(=O)Nc2ccccc2CCC(=O)O)C1. The molecule has 0 aliphatic carbocycles. The fourth-order valence-corrected chi connectivity index (χ4v) is 2.65. The van der Waals surface area contributed by atoms with Crippen molar-refractivity contribution in [1.29, 1.82) is 0 Å². The number of benzene rings is 1. The first-order valence-corrected chi connectivity index (χ1v) is 7.45. The zero-order chi connectivity index (χ0) is 15.2. The number of likely N-dealkylation sites (tertiary alicyclic amines) is 1. The molecule has 5 nitrogen and oxygen atoms in total. The number of carboxylic acids is 1. The van der Waals surface area contributed by atoms with Gasteiger partial charge in [0.15, 0.2) is 0 Å². The smallest absolute Gasteiger partial charge is 0.321 e. The molecule has 1 saturated heterocycles. The minimum atomic E-state index is -0.832. The van der Waals surface area contributed by atoms with Crippen molar-refractivity contribution >= 4 is 17.7 Å². The lowest BCUT2D eigenvalue weighted by molar-refractivity contribution is -0.136. The zero-order valence-corrected chi connectivity index (χ0v) is 12.3. The number of para-hydroxylation sites is 1. The molecule has 1 aliphatic heterocycles. The molecule has 1 atom stereocenters. The van der Waals surface area contributed by atoms with Gasteiger partial charge in [-0.25, -0.2) is 4.79 Å². The van der Waals surface area contributed by atoms with E-state index in [0.29, 0.717) is 18.0 Å². The number of carbonyl (C=O) groups excluding carboxylic acids is 1. The number of hydrogen-bond acceptors (Lipinski definition) is 2. The van der Waals surface area contributed by atoms with Crippen molar-refractivity contribution in [2.75, 3.05) is 18.4 Å². The monoisotopic (exact) mass is 290 g/mol. The van der Waals surface area contributed by atoms with Gasteiger partial charge in [-0.05, 0) is 30.4 Å². The Balaban J connectivity index is 1.99. The van der Waals surface area contributed by atoms with Gasteiger partial charge in [-0.3, -0.25) is 4.79 Å². The molecular weight excluding hydrogens is 268 g/mol. The number of aliphatic carboxylic acids is 1. The second-order valence-electron chi connectivity index (χ2n) is 5.49. The van der Waals surface area contributed by atoms with Gasteiger partial charge in [0.2, 0.25) is 0 Å². The summed E-state index contributed by atoms with van der Waals surface area (Å²) >= 11 is 0. The molecule has 1 fully saturated rings. The molecule has 2 amide bonds. The average Bonchev–Trinajstić information content (AvgIpc) is 2.95. The molecule has 0 saturated carbocycles. The summed E-state index contributed by atoms with van der Waals surface area (Å²) in [6.07, 6.45) is 2.64. The lowest BCUT2D eigenvalue weighted by Gasteiger charge is -2.18. The van der Waals surface area contributed by atoms with Crippen LogP contribution in [0, 0.1) is 5.92 Å². The van der Waals surface area contributed by atoms with E-state index in [1.807, 2.05) is 29.2 Å². The third kappa shape index (κ3) is 4.21. The normalized spacial score (nSPS) is 17.8. The van der Waals surface area contributed by atoms with Gasteiger partial charge in [-0.1, -0.05) is 31.5 Å². The molecule has 1 heterocycles. The van der Waals surface area contributed by atoms with Crippen molar-refractivity contribution in [2.45, 2.75) is 32.6 Å². The summed E-state index contributed by atoms with van der Waals surface area (Å²) in [7, 11) is 0. The Morgan fingerprint density at radius 2 is 2.14 bits per heavy atom. The Bertz CT molecular complexity index is 516. The summed E-state index contributed by atoms with van der Waals surface area (Å²) in [5, 5.41) is 11.7. The van der Waals surface area contributed by atoms with Crippen LogP contribution >= 0.6 is 0 Å². The molecule has 0 spiro atoms. The van der Waals surface area contributed by atoms with Gasteiger partial charge in [0.25, 0.3) is 0 Å². The quantitative estimate of drug-likeness (QED) is 0.876. The third-order valence-electron chi connectivity index (χ3n) is 4.02. The zero-order valence-electron chi connectivity index (χ0n) is 12.3. The predicted molar refractivity (Wildman–Crippen MR) is 81.4 cm³/mol. The van der Waals surface area contributed by atoms with Crippen LogP contribution in [0.25, 0.3) is 0 Å². The van der Waals surface area contributed by atoms with Crippen LogP contribution in [-0.4, -0.2) is 35.1 Å². The number of anilines is 1. The molecule has 5 heteroatoms. The Hall–Kier alpha value is -2.04. The van der Waals surface area contributed by atoms with E-state index in [4.69, 9.17) is 5.11 Å². The lowest BCUT2D eigenvalue weighted by atomic mass is 10.1. The maximum absolute atomic E-state index is 12.3. The van der Waals surface area contributed by atoms with E-state index in [-0.39, 0.29) is 12.5 Å². The number of aryl methyl sites for hydroxylation is 1. The van der Waals surface area contributed by atoms with Gasteiger partial charge in [0.05, 0.1) is 0 Å².